The van der Waals surface area contributed by atoms with Crippen LogP contribution in [0.1, 0.15) is 18.1 Å². The largest absolute Gasteiger partial charge is 0.459 e. The Bertz CT molecular complexity index is 1180. The van der Waals surface area contributed by atoms with Crippen LogP contribution in [-0.2, 0) is 27.4 Å². The summed E-state index contributed by atoms with van der Waals surface area (Å²) in [5.74, 6) is -0.721. The van der Waals surface area contributed by atoms with E-state index in [1.807, 2.05) is 72.9 Å². The summed E-state index contributed by atoms with van der Waals surface area (Å²) in [5.41, 5.74) is 5.08. The lowest BCUT2D eigenvalue weighted by molar-refractivity contribution is -0.149. The van der Waals surface area contributed by atoms with Crippen molar-refractivity contribution in [3.63, 3.8) is 0 Å². The summed E-state index contributed by atoms with van der Waals surface area (Å²) < 4.78 is 5.53. The van der Waals surface area contributed by atoms with E-state index in [4.69, 9.17) is 4.74 Å². The molecule has 0 radical (unpaired) electrons. The molecular weight excluding hydrogens is 388 g/mol. The highest BCUT2D eigenvalue weighted by Gasteiger charge is 2.23. The first-order valence-corrected chi connectivity index (χ1v) is 10.2. The highest BCUT2D eigenvalue weighted by Crippen LogP contribution is 2.21. The van der Waals surface area contributed by atoms with Crippen LogP contribution in [0, 0.1) is 0 Å². The average Bonchev–Trinajstić information content (AvgIpc) is 3.20. The fraction of sp³-hybridized carbons (Fsp3) is 0.154. The van der Waals surface area contributed by atoms with E-state index in [-0.39, 0.29) is 12.5 Å². The van der Waals surface area contributed by atoms with Crippen LogP contribution in [0.5, 0.6) is 0 Å². The number of carbonyl (C=O) groups excluding carboxylic acids is 2. The van der Waals surface area contributed by atoms with Crippen LogP contribution in [-0.4, -0.2) is 22.9 Å². The van der Waals surface area contributed by atoms with Gasteiger partial charge in [-0.05, 0) is 28.3 Å². The third-order valence-corrected chi connectivity index (χ3v) is 5.20. The maximum absolute atomic E-state index is 12.8. The molecule has 1 atom stereocenters. The molecule has 0 unspecified atom stereocenters. The van der Waals surface area contributed by atoms with Crippen molar-refractivity contribution >= 4 is 22.8 Å². The summed E-state index contributed by atoms with van der Waals surface area (Å²) in [5, 5.41) is 3.75. The number of aromatic amines is 1. The first kappa shape index (κ1) is 20.4. The number of fused-ring (bicyclic) bond motifs is 1. The number of rotatable bonds is 7. The molecule has 3 aromatic carbocycles. The molecule has 0 saturated carbocycles. The first-order chi connectivity index (χ1) is 15.1. The quantitative estimate of drug-likeness (QED) is 0.435. The van der Waals surface area contributed by atoms with Crippen molar-refractivity contribution in [2.45, 2.75) is 26.0 Å². The Morgan fingerprint density at radius 2 is 1.58 bits per heavy atom. The number of esters is 1. The third kappa shape index (κ3) is 5.01. The lowest BCUT2D eigenvalue weighted by atomic mass is 10.0. The average molecular weight is 412 g/mol. The van der Waals surface area contributed by atoms with Gasteiger partial charge < -0.3 is 15.0 Å². The maximum atomic E-state index is 12.8. The van der Waals surface area contributed by atoms with Crippen LogP contribution in [0.15, 0.2) is 85.1 Å². The normalized spacial score (nSPS) is 11.8. The van der Waals surface area contributed by atoms with Crippen molar-refractivity contribution in [1.82, 2.24) is 10.3 Å². The lowest BCUT2D eigenvalue weighted by Gasteiger charge is -2.17. The molecule has 31 heavy (non-hydrogen) atoms. The Morgan fingerprint density at radius 3 is 2.32 bits per heavy atom. The van der Waals surface area contributed by atoms with Gasteiger partial charge in [-0.2, -0.15) is 0 Å². The van der Waals surface area contributed by atoms with Gasteiger partial charge in [0.2, 0.25) is 5.91 Å². The van der Waals surface area contributed by atoms with E-state index >= 15 is 0 Å². The number of hydrogen-bond acceptors (Lipinski definition) is 3. The van der Waals surface area contributed by atoms with Gasteiger partial charge in [-0.25, -0.2) is 4.79 Å². The molecule has 156 valence electrons. The minimum atomic E-state index is -0.750. The Balaban J connectivity index is 1.42. The van der Waals surface area contributed by atoms with Crippen LogP contribution < -0.4 is 5.32 Å². The number of para-hydroxylation sites is 1. The van der Waals surface area contributed by atoms with E-state index in [0.29, 0.717) is 6.42 Å². The standard InChI is InChI=1S/C26H24N2O3/c1-18(29)28-25(15-22-16-27-24-10-6-5-9-23(22)24)26(30)31-17-19-11-13-21(14-12-19)20-7-3-2-4-8-20/h2-14,16,25,27H,15,17H2,1H3,(H,28,29)/t25-/m0/s1. The Morgan fingerprint density at radius 1 is 0.903 bits per heavy atom. The molecule has 4 aromatic rings. The molecular formula is C26H24N2O3. The van der Waals surface area contributed by atoms with Gasteiger partial charge in [0, 0.05) is 30.4 Å². The zero-order valence-corrected chi connectivity index (χ0v) is 17.3. The third-order valence-electron chi connectivity index (χ3n) is 5.20. The van der Waals surface area contributed by atoms with Gasteiger partial charge in [-0.1, -0.05) is 72.8 Å². The molecule has 0 bridgehead atoms. The second-order valence-electron chi connectivity index (χ2n) is 7.49. The predicted molar refractivity (Wildman–Crippen MR) is 121 cm³/mol. The Labute approximate surface area is 181 Å². The number of hydrogen-bond donors (Lipinski definition) is 2. The monoisotopic (exact) mass is 412 g/mol. The van der Waals surface area contributed by atoms with Crippen LogP contribution >= 0.6 is 0 Å². The van der Waals surface area contributed by atoms with Crippen LogP contribution in [0.3, 0.4) is 0 Å². The van der Waals surface area contributed by atoms with Gasteiger partial charge in [-0.15, -0.1) is 0 Å². The molecule has 5 nitrogen and oxygen atoms in total. The predicted octanol–water partition coefficient (Wildman–Crippen LogP) is 4.63. The molecule has 0 spiro atoms. The van der Waals surface area contributed by atoms with Gasteiger partial charge in [0.1, 0.15) is 12.6 Å². The molecule has 2 N–H and O–H groups in total. The number of amides is 1. The van der Waals surface area contributed by atoms with Gasteiger partial charge in [0.15, 0.2) is 0 Å². The molecule has 0 aliphatic carbocycles. The van der Waals surface area contributed by atoms with Gasteiger partial charge >= 0.3 is 5.97 Å². The van der Waals surface area contributed by atoms with Crippen LogP contribution in [0.4, 0.5) is 0 Å². The minimum Gasteiger partial charge on any atom is -0.459 e. The summed E-state index contributed by atoms with van der Waals surface area (Å²) in [7, 11) is 0. The van der Waals surface area contributed by atoms with Gasteiger partial charge in [-0.3, -0.25) is 4.79 Å². The summed E-state index contributed by atoms with van der Waals surface area (Å²) in [4.78, 5) is 27.6. The van der Waals surface area contributed by atoms with E-state index in [9.17, 15) is 9.59 Å². The van der Waals surface area contributed by atoms with Crippen LogP contribution in [0.2, 0.25) is 0 Å². The Hall–Kier alpha value is -3.86. The molecule has 4 rings (SSSR count). The maximum Gasteiger partial charge on any atom is 0.329 e. The van der Waals surface area contributed by atoms with Crippen molar-refractivity contribution < 1.29 is 14.3 Å². The van der Waals surface area contributed by atoms with Gasteiger partial charge in [0.05, 0.1) is 0 Å². The molecule has 0 saturated heterocycles. The Kier molecular flexibility index (Phi) is 6.13. The minimum absolute atomic E-state index is 0.151. The van der Waals surface area contributed by atoms with E-state index in [1.165, 1.54) is 6.92 Å². The lowest BCUT2D eigenvalue weighted by Crippen LogP contribution is -2.42. The molecule has 0 aliphatic heterocycles. The summed E-state index contributed by atoms with van der Waals surface area (Å²) in [6.45, 7) is 1.55. The molecule has 0 fully saturated rings. The summed E-state index contributed by atoms with van der Waals surface area (Å²) >= 11 is 0. The highest BCUT2D eigenvalue weighted by atomic mass is 16.5. The topological polar surface area (TPSA) is 71.2 Å². The second kappa shape index (κ2) is 9.30. The first-order valence-electron chi connectivity index (χ1n) is 10.2. The number of aromatic nitrogens is 1. The van der Waals surface area contributed by atoms with Crippen molar-refractivity contribution in [3.05, 3.63) is 96.2 Å². The number of H-pyrrole nitrogens is 1. The van der Waals surface area contributed by atoms with Crippen molar-refractivity contribution in [1.29, 1.82) is 0 Å². The number of carbonyl (C=O) groups is 2. The van der Waals surface area contributed by atoms with Gasteiger partial charge in [0.25, 0.3) is 0 Å². The van der Waals surface area contributed by atoms with Crippen molar-refractivity contribution in [2.75, 3.05) is 0 Å². The molecule has 1 heterocycles. The smallest absolute Gasteiger partial charge is 0.329 e. The molecule has 1 amide bonds. The summed E-state index contributed by atoms with van der Waals surface area (Å²) in [6, 6.07) is 25.1. The number of benzene rings is 3. The van der Waals surface area contributed by atoms with E-state index < -0.39 is 12.0 Å². The van der Waals surface area contributed by atoms with Crippen LogP contribution in [0.25, 0.3) is 22.0 Å². The van der Waals surface area contributed by atoms with E-state index in [0.717, 1.165) is 33.2 Å². The zero-order valence-electron chi connectivity index (χ0n) is 17.3. The van der Waals surface area contributed by atoms with E-state index in [1.54, 1.807) is 0 Å². The zero-order chi connectivity index (χ0) is 21.6. The molecule has 0 aliphatic rings. The molecule has 1 aromatic heterocycles. The fourth-order valence-electron chi connectivity index (χ4n) is 3.64. The number of nitrogens with one attached hydrogen (secondary N) is 2. The summed E-state index contributed by atoms with van der Waals surface area (Å²) in [6.07, 6.45) is 2.23. The SMILES string of the molecule is CC(=O)N[C@@H](Cc1c[nH]c2ccccc12)C(=O)OCc1ccc(-c2ccccc2)cc1. The fourth-order valence-corrected chi connectivity index (χ4v) is 3.64. The highest BCUT2D eigenvalue weighted by molar-refractivity contribution is 5.86. The van der Waals surface area contributed by atoms with Crippen molar-refractivity contribution in [2.24, 2.45) is 0 Å². The van der Waals surface area contributed by atoms with Crippen molar-refractivity contribution in [3.8, 4) is 11.1 Å². The van der Waals surface area contributed by atoms with E-state index in [2.05, 4.69) is 22.4 Å². The number of ether oxygens (including phenoxy) is 1. The molecule has 5 heteroatoms. The second-order valence-corrected chi connectivity index (χ2v) is 7.49.